The van der Waals surface area contributed by atoms with E-state index in [4.69, 9.17) is 9.47 Å². The second-order valence-corrected chi connectivity index (χ2v) is 6.77. The third-order valence-electron chi connectivity index (χ3n) is 4.49. The summed E-state index contributed by atoms with van der Waals surface area (Å²) in [6.45, 7) is 5.64. The third kappa shape index (κ3) is 5.45. The smallest absolute Gasteiger partial charge is 0.352 e. The van der Waals surface area contributed by atoms with Gasteiger partial charge in [0.2, 0.25) is 0 Å². The Balaban J connectivity index is 1.57. The first kappa shape index (κ1) is 20.1. The minimum Gasteiger partial charge on any atom is -0.479 e. The Hall–Kier alpha value is -3.60. The number of aryl methyl sites for hydroxylation is 2. The van der Waals surface area contributed by atoms with Crippen LogP contribution >= 0.6 is 0 Å². The molecule has 3 rings (SSSR count). The second kappa shape index (κ2) is 9.06. The van der Waals surface area contributed by atoms with E-state index in [1.807, 2.05) is 62.4 Å². The van der Waals surface area contributed by atoms with Crippen molar-refractivity contribution in [2.45, 2.75) is 26.9 Å². The van der Waals surface area contributed by atoms with Gasteiger partial charge in [0.05, 0.1) is 0 Å². The molecular formula is C24H23NO4. The lowest BCUT2D eigenvalue weighted by Gasteiger charge is -2.15. The van der Waals surface area contributed by atoms with Gasteiger partial charge >= 0.3 is 5.97 Å². The van der Waals surface area contributed by atoms with Crippen LogP contribution in [0, 0.1) is 13.8 Å². The Morgan fingerprint density at radius 2 is 1.48 bits per heavy atom. The van der Waals surface area contributed by atoms with Crippen LogP contribution in [0.4, 0.5) is 5.69 Å². The Bertz CT molecular complexity index is 997. The second-order valence-electron chi connectivity index (χ2n) is 6.77. The molecule has 0 saturated carbocycles. The Morgan fingerprint density at radius 3 is 2.14 bits per heavy atom. The van der Waals surface area contributed by atoms with Crippen LogP contribution in [0.5, 0.6) is 11.5 Å². The van der Waals surface area contributed by atoms with E-state index < -0.39 is 12.1 Å². The highest BCUT2D eigenvalue weighted by Gasteiger charge is 2.18. The molecule has 148 valence electrons. The van der Waals surface area contributed by atoms with Gasteiger partial charge in [0.25, 0.3) is 5.91 Å². The van der Waals surface area contributed by atoms with Gasteiger partial charge in [0.1, 0.15) is 11.5 Å². The van der Waals surface area contributed by atoms with Crippen LogP contribution in [0.15, 0.2) is 72.8 Å². The number of carbonyl (C=O) groups excluding carboxylic acids is 2. The summed E-state index contributed by atoms with van der Waals surface area (Å²) in [4.78, 5) is 24.6. The summed E-state index contributed by atoms with van der Waals surface area (Å²) >= 11 is 0. The van der Waals surface area contributed by atoms with Crippen molar-refractivity contribution >= 4 is 17.6 Å². The summed E-state index contributed by atoms with van der Waals surface area (Å²) in [5.74, 6) is 0.220. The fraction of sp³-hybridized carbons (Fsp3) is 0.167. The lowest BCUT2D eigenvalue weighted by atomic mass is 10.1. The topological polar surface area (TPSA) is 64.6 Å². The van der Waals surface area contributed by atoms with E-state index in [0.717, 1.165) is 11.1 Å². The first-order valence-electron chi connectivity index (χ1n) is 9.34. The molecule has 5 heteroatoms. The molecule has 0 bridgehead atoms. The zero-order valence-electron chi connectivity index (χ0n) is 16.6. The monoisotopic (exact) mass is 389 g/mol. The van der Waals surface area contributed by atoms with Crippen LogP contribution in [0.2, 0.25) is 0 Å². The molecule has 1 N–H and O–H groups in total. The molecule has 5 nitrogen and oxygen atoms in total. The molecule has 1 amide bonds. The zero-order chi connectivity index (χ0) is 20.8. The van der Waals surface area contributed by atoms with Crippen LogP contribution in [-0.2, 0) is 4.79 Å². The first-order valence-corrected chi connectivity index (χ1v) is 9.34. The van der Waals surface area contributed by atoms with Gasteiger partial charge < -0.3 is 14.8 Å². The molecule has 0 saturated heterocycles. The highest BCUT2D eigenvalue weighted by atomic mass is 16.6. The maximum Gasteiger partial charge on any atom is 0.352 e. The van der Waals surface area contributed by atoms with E-state index in [1.165, 1.54) is 0 Å². The molecule has 0 aliphatic carbocycles. The minimum absolute atomic E-state index is 0.236. The summed E-state index contributed by atoms with van der Waals surface area (Å²) in [6, 6.07) is 21.2. The van der Waals surface area contributed by atoms with Crippen molar-refractivity contribution in [3.63, 3.8) is 0 Å². The Labute approximate surface area is 170 Å². The molecule has 1 atom stereocenters. The van der Waals surface area contributed by atoms with E-state index >= 15 is 0 Å². The van der Waals surface area contributed by atoms with Crippen molar-refractivity contribution in [3.8, 4) is 11.5 Å². The summed E-state index contributed by atoms with van der Waals surface area (Å²) in [6.07, 6.45) is -0.766. The van der Waals surface area contributed by atoms with Crippen LogP contribution in [0.3, 0.4) is 0 Å². The van der Waals surface area contributed by atoms with Crippen molar-refractivity contribution in [2.75, 3.05) is 5.32 Å². The number of anilines is 1. The quantitative estimate of drug-likeness (QED) is 0.480. The summed E-state index contributed by atoms with van der Waals surface area (Å²) in [5, 5.41) is 2.81. The standard InChI is InChI=1S/C24H23NO4/c1-16-9-12-22(15-17(16)2)28-18(3)24(27)29-21-13-10-19(11-14-21)23(26)25-20-7-5-4-6-8-20/h4-15,18H,1-3H3,(H,25,26). The van der Waals surface area contributed by atoms with Gasteiger partial charge in [-0.2, -0.15) is 0 Å². The molecule has 3 aromatic rings. The molecule has 0 radical (unpaired) electrons. The van der Waals surface area contributed by atoms with Crippen LogP contribution in [-0.4, -0.2) is 18.0 Å². The van der Waals surface area contributed by atoms with Gasteiger partial charge in [0.15, 0.2) is 6.10 Å². The van der Waals surface area contributed by atoms with Crippen molar-refractivity contribution < 1.29 is 19.1 Å². The summed E-state index contributed by atoms with van der Waals surface area (Å²) < 4.78 is 11.0. The molecular weight excluding hydrogens is 366 g/mol. The van der Waals surface area contributed by atoms with Crippen LogP contribution in [0.25, 0.3) is 0 Å². The number of esters is 1. The number of nitrogens with one attached hydrogen (secondary N) is 1. The molecule has 0 spiro atoms. The molecule has 0 fully saturated rings. The lowest BCUT2D eigenvalue weighted by Crippen LogP contribution is -2.28. The van der Waals surface area contributed by atoms with Gasteiger partial charge in [-0.1, -0.05) is 24.3 Å². The number of ether oxygens (including phenoxy) is 2. The van der Waals surface area contributed by atoms with Crippen molar-refractivity contribution in [1.29, 1.82) is 0 Å². The number of amides is 1. The third-order valence-corrected chi connectivity index (χ3v) is 4.49. The summed E-state index contributed by atoms with van der Waals surface area (Å²) in [5.41, 5.74) is 3.43. The van der Waals surface area contributed by atoms with Gasteiger partial charge in [-0.3, -0.25) is 4.79 Å². The zero-order valence-corrected chi connectivity index (χ0v) is 16.6. The predicted octanol–water partition coefficient (Wildman–Crippen LogP) is 4.93. The molecule has 0 aliphatic heterocycles. The highest BCUT2D eigenvalue weighted by Crippen LogP contribution is 2.19. The molecule has 0 aliphatic rings. The van der Waals surface area contributed by atoms with Crippen molar-refractivity contribution in [1.82, 2.24) is 0 Å². The van der Waals surface area contributed by atoms with E-state index in [2.05, 4.69) is 5.32 Å². The SMILES string of the molecule is Cc1ccc(OC(C)C(=O)Oc2ccc(C(=O)Nc3ccccc3)cc2)cc1C. The fourth-order valence-corrected chi connectivity index (χ4v) is 2.64. The van der Waals surface area contributed by atoms with Gasteiger partial charge in [-0.05, 0) is 80.4 Å². The number of hydrogen-bond acceptors (Lipinski definition) is 4. The fourth-order valence-electron chi connectivity index (χ4n) is 2.64. The number of rotatable bonds is 6. The number of para-hydroxylation sites is 1. The maximum atomic E-state index is 12.3. The lowest BCUT2D eigenvalue weighted by molar-refractivity contribution is -0.141. The van der Waals surface area contributed by atoms with Gasteiger partial charge in [0, 0.05) is 11.3 Å². The molecule has 0 heterocycles. The highest BCUT2D eigenvalue weighted by molar-refractivity contribution is 6.04. The average Bonchev–Trinajstić information content (AvgIpc) is 2.72. The maximum absolute atomic E-state index is 12.3. The van der Waals surface area contributed by atoms with Crippen molar-refractivity contribution in [3.05, 3.63) is 89.5 Å². The minimum atomic E-state index is -0.766. The number of benzene rings is 3. The molecule has 1 unspecified atom stereocenters. The first-order chi connectivity index (χ1) is 13.9. The van der Waals surface area contributed by atoms with E-state index in [9.17, 15) is 9.59 Å². The molecule has 3 aromatic carbocycles. The molecule has 0 aromatic heterocycles. The van der Waals surface area contributed by atoms with E-state index in [0.29, 0.717) is 22.7 Å². The van der Waals surface area contributed by atoms with Crippen LogP contribution in [0.1, 0.15) is 28.4 Å². The number of carbonyl (C=O) groups is 2. The van der Waals surface area contributed by atoms with Crippen molar-refractivity contribution in [2.24, 2.45) is 0 Å². The Morgan fingerprint density at radius 1 is 0.828 bits per heavy atom. The molecule has 29 heavy (non-hydrogen) atoms. The largest absolute Gasteiger partial charge is 0.479 e. The number of hydrogen-bond donors (Lipinski definition) is 1. The summed E-state index contributed by atoms with van der Waals surface area (Å²) in [7, 11) is 0. The van der Waals surface area contributed by atoms with Crippen LogP contribution < -0.4 is 14.8 Å². The van der Waals surface area contributed by atoms with Gasteiger partial charge in [-0.25, -0.2) is 4.79 Å². The normalized spacial score (nSPS) is 11.4. The Kier molecular flexibility index (Phi) is 6.29. The van der Waals surface area contributed by atoms with Gasteiger partial charge in [-0.15, -0.1) is 0 Å². The van der Waals surface area contributed by atoms with E-state index in [1.54, 1.807) is 31.2 Å². The predicted molar refractivity (Wildman–Crippen MR) is 112 cm³/mol. The van der Waals surface area contributed by atoms with E-state index in [-0.39, 0.29) is 5.91 Å². The average molecular weight is 389 g/mol.